The summed E-state index contributed by atoms with van der Waals surface area (Å²) in [5, 5.41) is 0. The predicted molar refractivity (Wildman–Crippen MR) is 101 cm³/mol. The van der Waals surface area contributed by atoms with E-state index in [9.17, 15) is 14.4 Å². The summed E-state index contributed by atoms with van der Waals surface area (Å²) in [6.45, 7) is 3.42. The molecule has 1 aromatic rings. The van der Waals surface area contributed by atoms with Crippen LogP contribution in [0.2, 0.25) is 0 Å². The number of Topliss-reactive ketones (excluding diaryl/α,β-unsaturated/α-hetero) is 2. The summed E-state index contributed by atoms with van der Waals surface area (Å²) in [5.41, 5.74) is 1.38. The van der Waals surface area contributed by atoms with E-state index < -0.39 is 23.5 Å². The quantitative estimate of drug-likeness (QED) is 0.747. The minimum absolute atomic E-state index is 0.00362. The molecule has 0 aromatic heterocycles. The number of nitrogens with zero attached hydrogens (tertiary/aromatic N) is 1. The van der Waals surface area contributed by atoms with Crippen molar-refractivity contribution in [3.63, 3.8) is 0 Å². The average molecular weight is 383 g/mol. The zero-order valence-electron chi connectivity index (χ0n) is 16.5. The van der Waals surface area contributed by atoms with Crippen LogP contribution in [0.1, 0.15) is 30.6 Å². The Morgan fingerprint density at radius 1 is 1.14 bits per heavy atom. The van der Waals surface area contributed by atoms with Crippen molar-refractivity contribution in [2.24, 2.45) is 23.7 Å². The highest BCUT2D eigenvalue weighted by Crippen LogP contribution is 2.57. The van der Waals surface area contributed by atoms with Crippen LogP contribution in [0, 0.1) is 23.7 Å². The van der Waals surface area contributed by atoms with Crippen LogP contribution in [0.4, 0.5) is 0 Å². The Balaban J connectivity index is 1.84. The van der Waals surface area contributed by atoms with E-state index in [0.717, 1.165) is 5.70 Å². The summed E-state index contributed by atoms with van der Waals surface area (Å²) < 4.78 is 11.3. The lowest BCUT2D eigenvalue weighted by molar-refractivity contribution is -0.273. The van der Waals surface area contributed by atoms with Crippen LogP contribution in [0.5, 0.6) is 0 Å². The summed E-state index contributed by atoms with van der Waals surface area (Å²) in [4.78, 5) is 40.8. The SMILES string of the molecule is COC1(OC)C(=O)[C@H]2CC(C(C)=O)[C@@H]1[C@H]1[C@@H]2C=C(C)N1C(=O)c1ccccc1. The van der Waals surface area contributed by atoms with Crippen molar-refractivity contribution in [2.45, 2.75) is 32.1 Å². The molecule has 1 aliphatic heterocycles. The van der Waals surface area contributed by atoms with E-state index in [4.69, 9.17) is 9.47 Å². The molecule has 3 fully saturated rings. The molecule has 0 spiro atoms. The molecule has 5 rings (SSSR count). The van der Waals surface area contributed by atoms with Crippen LogP contribution in [-0.4, -0.2) is 48.4 Å². The highest BCUT2D eigenvalue weighted by atomic mass is 16.7. The average Bonchev–Trinajstić information content (AvgIpc) is 3.06. The molecule has 6 nitrogen and oxygen atoms in total. The summed E-state index contributed by atoms with van der Waals surface area (Å²) in [6, 6.07) is 8.71. The molecule has 0 radical (unpaired) electrons. The molecule has 148 valence electrons. The van der Waals surface area contributed by atoms with E-state index in [-0.39, 0.29) is 29.4 Å². The second-order valence-electron chi connectivity index (χ2n) is 7.94. The van der Waals surface area contributed by atoms with Gasteiger partial charge in [0.2, 0.25) is 5.79 Å². The second kappa shape index (κ2) is 6.64. The van der Waals surface area contributed by atoms with E-state index >= 15 is 0 Å². The van der Waals surface area contributed by atoms with Gasteiger partial charge in [-0.2, -0.15) is 0 Å². The van der Waals surface area contributed by atoms with Gasteiger partial charge in [0.05, 0.1) is 12.0 Å². The van der Waals surface area contributed by atoms with Gasteiger partial charge >= 0.3 is 0 Å². The van der Waals surface area contributed by atoms with Crippen molar-refractivity contribution in [1.29, 1.82) is 0 Å². The van der Waals surface area contributed by atoms with Gasteiger partial charge in [0.15, 0.2) is 5.78 Å². The molecular weight excluding hydrogens is 358 g/mol. The maximum atomic E-state index is 13.4. The van der Waals surface area contributed by atoms with Crippen molar-refractivity contribution in [3.8, 4) is 0 Å². The van der Waals surface area contributed by atoms with Crippen molar-refractivity contribution in [1.82, 2.24) is 4.90 Å². The Hall–Kier alpha value is -2.31. The molecular formula is C22H25NO5. The van der Waals surface area contributed by atoms with Crippen LogP contribution in [0.3, 0.4) is 0 Å². The largest absolute Gasteiger partial charge is 0.347 e. The third kappa shape index (κ3) is 2.37. The van der Waals surface area contributed by atoms with Gasteiger partial charge in [-0.3, -0.25) is 14.4 Å². The molecule has 1 unspecified atom stereocenters. The third-order valence-corrected chi connectivity index (χ3v) is 6.77. The number of benzene rings is 1. The minimum Gasteiger partial charge on any atom is -0.347 e. The molecule has 6 heteroatoms. The first-order chi connectivity index (χ1) is 13.4. The molecule has 1 amide bonds. The first-order valence-corrected chi connectivity index (χ1v) is 9.59. The molecule has 0 saturated heterocycles. The fourth-order valence-electron chi connectivity index (χ4n) is 5.62. The molecule has 1 aromatic carbocycles. The number of hydrogen-bond acceptors (Lipinski definition) is 5. The van der Waals surface area contributed by atoms with Gasteiger partial charge in [-0.05, 0) is 32.4 Å². The monoisotopic (exact) mass is 383 g/mol. The molecule has 0 N–H and O–H groups in total. The van der Waals surface area contributed by atoms with Crippen LogP contribution < -0.4 is 0 Å². The van der Waals surface area contributed by atoms with E-state index in [1.165, 1.54) is 14.2 Å². The van der Waals surface area contributed by atoms with Gasteiger partial charge in [-0.25, -0.2) is 0 Å². The maximum absolute atomic E-state index is 13.4. The van der Waals surface area contributed by atoms with Gasteiger partial charge in [0.1, 0.15) is 5.78 Å². The third-order valence-electron chi connectivity index (χ3n) is 6.77. The molecule has 28 heavy (non-hydrogen) atoms. The Labute approximate surface area is 164 Å². The highest BCUT2D eigenvalue weighted by molar-refractivity contribution is 5.98. The Bertz CT molecular complexity index is 857. The normalized spacial score (nSPS) is 32.9. The van der Waals surface area contributed by atoms with Gasteiger partial charge < -0.3 is 14.4 Å². The van der Waals surface area contributed by atoms with Crippen molar-refractivity contribution >= 4 is 17.5 Å². The molecule has 1 heterocycles. The minimum atomic E-state index is -1.51. The van der Waals surface area contributed by atoms with Crippen LogP contribution >= 0.6 is 0 Å². The molecule has 4 aliphatic rings. The number of carbonyl (C=O) groups is 3. The van der Waals surface area contributed by atoms with Crippen molar-refractivity contribution in [3.05, 3.63) is 47.7 Å². The van der Waals surface area contributed by atoms with E-state index in [0.29, 0.717) is 12.0 Å². The first kappa shape index (κ1) is 19.0. The number of ketones is 2. The Morgan fingerprint density at radius 3 is 2.36 bits per heavy atom. The van der Waals surface area contributed by atoms with Crippen LogP contribution in [0.15, 0.2) is 42.1 Å². The smallest absolute Gasteiger partial charge is 0.258 e. The Morgan fingerprint density at radius 2 is 1.79 bits per heavy atom. The van der Waals surface area contributed by atoms with Crippen molar-refractivity contribution in [2.75, 3.05) is 14.2 Å². The molecule has 3 aliphatic carbocycles. The number of carbonyl (C=O) groups excluding carboxylic acids is 3. The summed E-state index contributed by atoms with van der Waals surface area (Å²) in [5.74, 6) is -3.25. The standard InChI is InChI=1S/C22H25NO5/c1-12-10-16-17-11-15(13(2)24)18(22(27-3,28-4)20(17)25)19(16)23(12)21(26)14-8-6-5-7-9-14/h5-10,15-19H,11H2,1-4H3/t15?,16-,17+,18-,19-/m1/s1. The Kier molecular flexibility index (Phi) is 4.51. The topological polar surface area (TPSA) is 72.9 Å². The zero-order valence-corrected chi connectivity index (χ0v) is 16.5. The first-order valence-electron chi connectivity index (χ1n) is 9.59. The summed E-state index contributed by atoms with van der Waals surface area (Å²) >= 11 is 0. The van der Waals surface area contributed by atoms with E-state index in [1.807, 2.05) is 31.2 Å². The number of rotatable bonds is 4. The number of hydrogen-bond donors (Lipinski definition) is 0. The second-order valence-corrected chi connectivity index (χ2v) is 7.94. The predicted octanol–water partition coefficient (Wildman–Crippen LogP) is 2.44. The van der Waals surface area contributed by atoms with Gasteiger partial charge in [0, 0.05) is 43.2 Å². The number of allylic oxidation sites excluding steroid dienone is 1. The molecule has 5 atom stereocenters. The molecule has 3 saturated carbocycles. The van der Waals surface area contributed by atoms with Crippen molar-refractivity contribution < 1.29 is 23.9 Å². The number of methoxy groups -OCH3 is 2. The molecule has 2 bridgehead atoms. The van der Waals surface area contributed by atoms with E-state index in [2.05, 4.69) is 0 Å². The lowest BCUT2D eigenvalue weighted by Crippen LogP contribution is -2.71. The van der Waals surface area contributed by atoms with Crippen LogP contribution in [-0.2, 0) is 19.1 Å². The van der Waals surface area contributed by atoms with E-state index in [1.54, 1.807) is 24.0 Å². The van der Waals surface area contributed by atoms with Crippen LogP contribution in [0.25, 0.3) is 0 Å². The maximum Gasteiger partial charge on any atom is 0.258 e. The zero-order chi connectivity index (χ0) is 20.2. The number of ether oxygens (including phenoxy) is 2. The summed E-state index contributed by atoms with van der Waals surface area (Å²) in [6.07, 6.45) is 2.48. The lowest BCUT2D eigenvalue weighted by Gasteiger charge is -2.57. The van der Waals surface area contributed by atoms with Gasteiger partial charge in [0.25, 0.3) is 5.91 Å². The van der Waals surface area contributed by atoms with Gasteiger partial charge in [-0.15, -0.1) is 0 Å². The summed E-state index contributed by atoms with van der Waals surface area (Å²) in [7, 11) is 2.87. The highest BCUT2D eigenvalue weighted by Gasteiger charge is 2.70. The number of amides is 1. The van der Waals surface area contributed by atoms with Gasteiger partial charge in [-0.1, -0.05) is 24.3 Å². The lowest BCUT2D eigenvalue weighted by atomic mass is 9.53. The number of fused-ring (bicyclic) bond motifs is 2. The fraction of sp³-hybridized carbons (Fsp3) is 0.500. The fourth-order valence-corrected chi connectivity index (χ4v) is 5.62.